The SMILES string of the molecule is COc1ccc(-n2c(=O)[nH]c3cc(C(=O)NCCc4ccccc4)ccc3c2=O)cc1OC. The predicted octanol–water partition coefficient (Wildman–Crippen LogP) is 2.67. The zero-order valence-corrected chi connectivity index (χ0v) is 18.3. The van der Waals surface area contributed by atoms with E-state index in [4.69, 9.17) is 9.47 Å². The monoisotopic (exact) mass is 445 g/mol. The highest BCUT2D eigenvalue weighted by Gasteiger charge is 2.14. The minimum atomic E-state index is -0.624. The Hall–Kier alpha value is -4.33. The van der Waals surface area contributed by atoms with Crippen LogP contribution in [0.15, 0.2) is 76.3 Å². The molecule has 33 heavy (non-hydrogen) atoms. The van der Waals surface area contributed by atoms with E-state index in [0.29, 0.717) is 35.7 Å². The summed E-state index contributed by atoms with van der Waals surface area (Å²) in [6.45, 7) is 0.471. The number of rotatable bonds is 7. The first-order valence-electron chi connectivity index (χ1n) is 10.4. The van der Waals surface area contributed by atoms with Crippen LogP contribution in [0.2, 0.25) is 0 Å². The van der Waals surface area contributed by atoms with E-state index in [1.165, 1.54) is 26.4 Å². The Balaban J connectivity index is 1.62. The van der Waals surface area contributed by atoms with Gasteiger partial charge in [-0.2, -0.15) is 0 Å². The largest absolute Gasteiger partial charge is 0.493 e. The minimum absolute atomic E-state index is 0.280. The predicted molar refractivity (Wildman–Crippen MR) is 126 cm³/mol. The van der Waals surface area contributed by atoms with Crippen molar-refractivity contribution in [1.29, 1.82) is 0 Å². The van der Waals surface area contributed by atoms with Crippen LogP contribution in [-0.4, -0.2) is 36.2 Å². The van der Waals surface area contributed by atoms with Gasteiger partial charge in [0.15, 0.2) is 11.5 Å². The van der Waals surface area contributed by atoms with Crippen molar-refractivity contribution in [1.82, 2.24) is 14.9 Å². The quantitative estimate of drug-likeness (QED) is 0.455. The van der Waals surface area contributed by atoms with Gasteiger partial charge in [0, 0.05) is 18.2 Å². The first-order valence-corrected chi connectivity index (χ1v) is 10.4. The number of aromatic amines is 1. The zero-order chi connectivity index (χ0) is 23.4. The molecule has 0 aliphatic heterocycles. The van der Waals surface area contributed by atoms with Crippen molar-refractivity contribution in [2.75, 3.05) is 20.8 Å². The van der Waals surface area contributed by atoms with E-state index < -0.39 is 11.2 Å². The standard InChI is InChI=1S/C25H23N3O5/c1-32-21-11-9-18(15-22(21)33-2)28-24(30)19-10-8-17(14-20(19)27-25(28)31)23(29)26-13-12-16-6-4-3-5-7-16/h3-11,14-15H,12-13H2,1-2H3,(H,26,29)(H,27,31). The average Bonchev–Trinajstić information content (AvgIpc) is 2.84. The van der Waals surface area contributed by atoms with E-state index in [1.807, 2.05) is 30.3 Å². The number of nitrogens with zero attached hydrogens (tertiary/aromatic N) is 1. The summed E-state index contributed by atoms with van der Waals surface area (Å²) >= 11 is 0. The summed E-state index contributed by atoms with van der Waals surface area (Å²) in [5.74, 6) is 0.594. The van der Waals surface area contributed by atoms with Gasteiger partial charge in [0.25, 0.3) is 11.5 Å². The topological polar surface area (TPSA) is 102 Å². The van der Waals surface area contributed by atoms with Crippen LogP contribution < -0.4 is 26.0 Å². The van der Waals surface area contributed by atoms with Crippen LogP contribution in [0, 0.1) is 0 Å². The fourth-order valence-electron chi connectivity index (χ4n) is 3.62. The maximum absolute atomic E-state index is 13.1. The highest BCUT2D eigenvalue weighted by molar-refractivity contribution is 5.97. The van der Waals surface area contributed by atoms with E-state index in [-0.39, 0.29) is 16.8 Å². The Labute approximate surface area is 189 Å². The second-order valence-corrected chi connectivity index (χ2v) is 7.36. The normalized spacial score (nSPS) is 10.7. The number of methoxy groups -OCH3 is 2. The van der Waals surface area contributed by atoms with E-state index >= 15 is 0 Å². The summed E-state index contributed by atoms with van der Waals surface area (Å²) in [7, 11) is 2.98. The third-order valence-electron chi connectivity index (χ3n) is 5.33. The molecule has 4 aromatic rings. The lowest BCUT2D eigenvalue weighted by Gasteiger charge is -2.11. The number of fused-ring (bicyclic) bond motifs is 1. The second kappa shape index (κ2) is 9.44. The number of nitrogens with one attached hydrogen (secondary N) is 2. The highest BCUT2D eigenvalue weighted by atomic mass is 16.5. The maximum atomic E-state index is 13.1. The number of benzene rings is 3. The maximum Gasteiger partial charge on any atom is 0.333 e. The molecule has 168 valence electrons. The third-order valence-corrected chi connectivity index (χ3v) is 5.33. The number of hydrogen-bond donors (Lipinski definition) is 2. The van der Waals surface area contributed by atoms with Crippen LogP contribution in [0.3, 0.4) is 0 Å². The Kier molecular flexibility index (Phi) is 6.26. The molecule has 0 atom stereocenters. The van der Waals surface area contributed by atoms with Crippen LogP contribution >= 0.6 is 0 Å². The first kappa shape index (κ1) is 21.9. The van der Waals surface area contributed by atoms with Gasteiger partial charge in [0.1, 0.15) is 0 Å². The molecule has 0 radical (unpaired) electrons. The molecule has 4 rings (SSSR count). The lowest BCUT2D eigenvalue weighted by atomic mass is 10.1. The van der Waals surface area contributed by atoms with Crippen molar-refractivity contribution in [3.63, 3.8) is 0 Å². The number of carbonyl (C=O) groups excluding carboxylic acids is 1. The third kappa shape index (κ3) is 4.50. The summed E-state index contributed by atoms with van der Waals surface area (Å²) in [4.78, 5) is 41.1. The van der Waals surface area contributed by atoms with Gasteiger partial charge in [-0.3, -0.25) is 9.59 Å². The van der Waals surface area contributed by atoms with Crippen molar-refractivity contribution in [3.05, 3.63) is 98.7 Å². The number of hydrogen-bond acceptors (Lipinski definition) is 5. The van der Waals surface area contributed by atoms with Crippen LogP contribution in [0.25, 0.3) is 16.6 Å². The molecule has 0 saturated carbocycles. The highest BCUT2D eigenvalue weighted by Crippen LogP contribution is 2.28. The number of H-pyrrole nitrogens is 1. The van der Waals surface area contributed by atoms with Crippen molar-refractivity contribution >= 4 is 16.8 Å². The van der Waals surface area contributed by atoms with Crippen molar-refractivity contribution in [3.8, 4) is 17.2 Å². The van der Waals surface area contributed by atoms with Gasteiger partial charge in [-0.25, -0.2) is 9.36 Å². The summed E-state index contributed by atoms with van der Waals surface area (Å²) in [6.07, 6.45) is 0.701. The Morgan fingerprint density at radius 2 is 1.70 bits per heavy atom. The van der Waals surface area contributed by atoms with Crippen molar-refractivity contribution in [2.45, 2.75) is 6.42 Å². The van der Waals surface area contributed by atoms with Gasteiger partial charge in [0.2, 0.25) is 0 Å². The second-order valence-electron chi connectivity index (χ2n) is 7.36. The molecule has 2 N–H and O–H groups in total. The molecule has 0 unspecified atom stereocenters. The van der Waals surface area contributed by atoms with Crippen LogP contribution in [0.5, 0.6) is 11.5 Å². The molecule has 0 bridgehead atoms. The van der Waals surface area contributed by atoms with Crippen molar-refractivity contribution in [2.24, 2.45) is 0 Å². The molecule has 0 aliphatic rings. The molecular formula is C25H23N3O5. The molecule has 1 heterocycles. The van der Waals surface area contributed by atoms with Gasteiger partial charge >= 0.3 is 5.69 Å². The molecule has 8 heteroatoms. The fourth-order valence-corrected chi connectivity index (χ4v) is 3.62. The van der Waals surface area contributed by atoms with Gasteiger partial charge in [-0.05, 0) is 42.3 Å². The molecule has 1 amide bonds. The molecular weight excluding hydrogens is 422 g/mol. The Morgan fingerprint density at radius 1 is 0.939 bits per heavy atom. The molecule has 0 spiro atoms. The zero-order valence-electron chi connectivity index (χ0n) is 18.3. The number of carbonyl (C=O) groups is 1. The fraction of sp³-hybridized carbons (Fsp3) is 0.160. The Morgan fingerprint density at radius 3 is 2.42 bits per heavy atom. The minimum Gasteiger partial charge on any atom is -0.493 e. The number of ether oxygens (including phenoxy) is 2. The number of aromatic nitrogens is 2. The van der Waals surface area contributed by atoms with E-state index in [2.05, 4.69) is 10.3 Å². The summed E-state index contributed by atoms with van der Waals surface area (Å²) in [5, 5.41) is 3.14. The molecule has 1 aromatic heterocycles. The first-order chi connectivity index (χ1) is 16.0. The van der Waals surface area contributed by atoms with E-state index in [9.17, 15) is 14.4 Å². The molecule has 8 nitrogen and oxygen atoms in total. The summed E-state index contributed by atoms with van der Waals surface area (Å²) < 4.78 is 11.5. The summed E-state index contributed by atoms with van der Waals surface area (Å²) in [5.41, 5.74) is 0.977. The van der Waals surface area contributed by atoms with Gasteiger partial charge in [-0.1, -0.05) is 30.3 Å². The van der Waals surface area contributed by atoms with Crippen molar-refractivity contribution < 1.29 is 14.3 Å². The molecule has 0 saturated heterocycles. The van der Waals surface area contributed by atoms with Gasteiger partial charge < -0.3 is 19.8 Å². The smallest absolute Gasteiger partial charge is 0.333 e. The summed E-state index contributed by atoms with van der Waals surface area (Å²) in [6, 6.07) is 19.2. The Bertz CT molecular complexity index is 1420. The van der Waals surface area contributed by atoms with Crippen LogP contribution in [0.4, 0.5) is 0 Å². The lowest BCUT2D eigenvalue weighted by molar-refractivity contribution is 0.0954. The molecule has 0 aliphatic carbocycles. The van der Waals surface area contributed by atoms with E-state index in [0.717, 1.165) is 10.1 Å². The number of amides is 1. The lowest BCUT2D eigenvalue weighted by Crippen LogP contribution is -2.33. The van der Waals surface area contributed by atoms with Gasteiger partial charge in [-0.15, -0.1) is 0 Å². The molecule has 0 fully saturated rings. The van der Waals surface area contributed by atoms with Crippen LogP contribution in [0.1, 0.15) is 15.9 Å². The van der Waals surface area contributed by atoms with Crippen LogP contribution in [-0.2, 0) is 6.42 Å². The molecule has 3 aromatic carbocycles. The van der Waals surface area contributed by atoms with Gasteiger partial charge in [0.05, 0.1) is 30.8 Å². The average molecular weight is 445 g/mol. The van der Waals surface area contributed by atoms with E-state index in [1.54, 1.807) is 24.3 Å².